The third-order valence-electron chi connectivity index (χ3n) is 6.57. The van der Waals surface area contributed by atoms with E-state index in [0.29, 0.717) is 17.1 Å². The molecule has 2 aliphatic rings. The summed E-state index contributed by atoms with van der Waals surface area (Å²) in [4.78, 5) is 17.5. The Hall–Kier alpha value is -2.79. The van der Waals surface area contributed by atoms with Crippen LogP contribution in [0.1, 0.15) is 31.2 Å². The van der Waals surface area contributed by atoms with Gasteiger partial charge >= 0.3 is 5.63 Å². The molecule has 3 heterocycles. The smallest absolute Gasteiger partial charge is 0.344 e. The highest BCUT2D eigenvalue weighted by molar-refractivity contribution is 5.87. The lowest BCUT2D eigenvalue weighted by atomic mass is 9.89. The molecule has 0 spiro atoms. The van der Waals surface area contributed by atoms with E-state index in [2.05, 4.69) is 35.9 Å². The Morgan fingerprint density at radius 3 is 2.67 bits per heavy atom. The van der Waals surface area contributed by atoms with E-state index in [9.17, 15) is 4.79 Å². The molecule has 0 amide bonds. The number of hydrogen-bond acceptors (Lipinski definition) is 5. The normalized spacial score (nSPS) is 19.5. The molecular weight excluding hydrogens is 376 g/mol. The Labute approximate surface area is 176 Å². The summed E-state index contributed by atoms with van der Waals surface area (Å²) < 4.78 is 11.6. The Bertz CT molecular complexity index is 1130. The van der Waals surface area contributed by atoms with E-state index in [1.165, 1.54) is 5.56 Å². The van der Waals surface area contributed by atoms with Crippen molar-refractivity contribution in [1.82, 2.24) is 4.90 Å². The molecule has 5 heteroatoms. The molecule has 5 rings (SSSR count). The fourth-order valence-electron chi connectivity index (χ4n) is 4.62. The van der Waals surface area contributed by atoms with Crippen LogP contribution in [0.3, 0.4) is 0 Å². The zero-order valence-corrected chi connectivity index (χ0v) is 17.7. The summed E-state index contributed by atoms with van der Waals surface area (Å²) in [5.41, 5.74) is 2.96. The van der Waals surface area contributed by atoms with E-state index in [1.807, 2.05) is 30.3 Å². The van der Waals surface area contributed by atoms with Crippen LogP contribution in [0.5, 0.6) is 5.75 Å². The molecule has 5 nitrogen and oxygen atoms in total. The van der Waals surface area contributed by atoms with Crippen molar-refractivity contribution in [2.24, 2.45) is 0 Å². The Kier molecular flexibility index (Phi) is 4.99. The van der Waals surface area contributed by atoms with Gasteiger partial charge in [0.1, 0.15) is 11.5 Å². The molecule has 1 saturated heterocycles. The van der Waals surface area contributed by atoms with Gasteiger partial charge in [-0.15, -0.1) is 0 Å². The van der Waals surface area contributed by atoms with Gasteiger partial charge in [0.05, 0.1) is 12.0 Å². The minimum absolute atomic E-state index is 0.278. The van der Waals surface area contributed by atoms with E-state index in [1.54, 1.807) is 0 Å². The predicted octanol–water partition coefficient (Wildman–Crippen LogP) is 4.49. The average molecular weight is 405 g/mol. The first-order chi connectivity index (χ1) is 14.6. The predicted molar refractivity (Wildman–Crippen MR) is 121 cm³/mol. The van der Waals surface area contributed by atoms with Crippen molar-refractivity contribution in [2.45, 2.75) is 25.7 Å². The number of anilines is 1. The van der Waals surface area contributed by atoms with Crippen LogP contribution in [0.2, 0.25) is 0 Å². The van der Waals surface area contributed by atoms with E-state index in [0.717, 1.165) is 68.0 Å². The van der Waals surface area contributed by atoms with Gasteiger partial charge < -0.3 is 19.0 Å². The van der Waals surface area contributed by atoms with Crippen LogP contribution in [-0.2, 0) is 0 Å². The molecule has 1 unspecified atom stereocenters. The summed E-state index contributed by atoms with van der Waals surface area (Å²) in [6.07, 6.45) is 2.11. The zero-order valence-electron chi connectivity index (χ0n) is 17.7. The molecule has 30 heavy (non-hydrogen) atoms. The Balaban J connectivity index is 1.51. The number of likely N-dealkylation sites (N-methyl/N-ethyl adjacent to an activating group) is 1. The Morgan fingerprint density at radius 1 is 1.03 bits per heavy atom. The molecule has 1 aromatic heterocycles. The molecule has 1 atom stereocenters. The summed E-state index contributed by atoms with van der Waals surface area (Å²) in [5.74, 6) is 2.06. The number of fused-ring (bicyclic) bond motifs is 2. The number of benzene rings is 2. The Morgan fingerprint density at radius 2 is 1.87 bits per heavy atom. The maximum absolute atomic E-state index is 12.9. The first-order valence-electron chi connectivity index (χ1n) is 10.9. The monoisotopic (exact) mass is 404 g/mol. The van der Waals surface area contributed by atoms with Gasteiger partial charge in [0, 0.05) is 37.4 Å². The average Bonchev–Trinajstić information content (AvgIpc) is 2.78. The first kappa shape index (κ1) is 19.2. The van der Waals surface area contributed by atoms with Gasteiger partial charge in [-0.2, -0.15) is 0 Å². The minimum atomic E-state index is -0.278. The van der Waals surface area contributed by atoms with Crippen LogP contribution >= 0.6 is 0 Å². The molecular formula is C25H28N2O3. The summed E-state index contributed by atoms with van der Waals surface area (Å²) in [5, 5.41) is 1.56. The van der Waals surface area contributed by atoms with Crippen molar-refractivity contribution in [2.75, 3.05) is 44.7 Å². The number of hydrogen-bond donors (Lipinski definition) is 0. The number of piperazine rings is 1. The lowest BCUT2D eigenvalue weighted by molar-refractivity contribution is 0.265. The second kappa shape index (κ2) is 7.80. The summed E-state index contributed by atoms with van der Waals surface area (Å²) >= 11 is 0. The summed E-state index contributed by atoms with van der Waals surface area (Å²) in [6.45, 7) is 6.99. The molecule has 0 radical (unpaired) electrons. The van der Waals surface area contributed by atoms with Crippen molar-refractivity contribution in [3.63, 3.8) is 0 Å². The summed E-state index contributed by atoms with van der Waals surface area (Å²) in [6, 6.07) is 14.2. The molecule has 2 aromatic carbocycles. The van der Waals surface area contributed by atoms with Crippen molar-refractivity contribution in [3.8, 4) is 17.1 Å². The van der Waals surface area contributed by atoms with Gasteiger partial charge in [-0.3, -0.25) is 0 Å². The zero-order chi connectivity index (χ0) is 20.7. The highest BCUT2D eigenvalue weighted by atomic mass is 16.5. The second-order valence-corrected chi connectivity index (χ2v) is 8.45. The van der Waals surface area contributed by atoms with Crippen LogP contribution in [0, 0.1) is 0 Å². The lowest BCUT2D eigenvalue weighted by Gasteiger charge is -2.34. The minimum Gasteiger partial charge on any atom is -0.493 e. The largest absolute Gasteiger partial charge is 0.493 e. The topological polar surface area (TPSA) is 45.9 Å². The number of rotatable bonds is 3. The maximum Gasteiger partial charge on any atom is 0.344 e. The molecule has 0 aliphatic carbocycles. The van der Waals surface area contributed by atoms with Crippen LogP contribution in [0.4, 0.5) is 5.69 Å². The third kappa shape index (κ3) is 3.47. The molecule has 2 aliphatic heterocycles. The molecule has 156 valence electrons. The first-order valence-corrected chi connectivity index (χ1v) is 10.9. The number of nitrogens with zero attached hydrogens (tertiary/aromatic N) is 2. The quantitative estimate of drug-likeness (QED) is 0.644. The highest BCUT2D eigenvalue weighted by Crippen LogP contribution is 2.38. The van der Waals surface area contributed by atoms with E-state index in [-0.39, 0.29) is 5.63 Å². The van der Waals surface area contributed by atoms with E-state index >= 15 is 0 Å². The fraction of sp³-hybridized carbons (Fsp3) is 0.400. The van der Waals surface area contributed by atoms with Crippen molar-refractivity contribution >= 4 is 16.5 Å². The molecule has 1 fully saturated rings. The maximum atomic E-state index is 12.9. The highest BCUT2D eigenvalue weighted by Gasteiger charge is 2.21. The van der Waals surface area contributed by atoms with Crippen molar-refractivity contribution < 1.29 is 9.15 Å². The van der Waals surface area contributed by atoms with Crippen LogP contribution in [0.25, 0.3) is 22.1 Å². The fourth-order valence-corrected chi connectivity index (χ4v) is 4.62. The second-order valence-electron chi connectivity index (χ2n) is 8.45. The standard InChI is InChI=1S/C25H28N2O3/c1-3-17-8-13-29-23-7-5-19(14-21(17)23)24-15-18-4-6-20(16-22(18)25(28)30-24)27-11-9-26(2)10-12-27/h4-7,14-17H,3,8-13H2,1-2H3. The molecule has 0 N–H and O–H groups in total. The van der Waals surface area contributed by atoms with E-state index in [4.69, 9.17) is 9.15 Å². The van der Waals surface area contributed by atoms with Crippen LogP contribution in [-0.4, -0.2) is 44.7 Å². The van der Waals surface area contributed by atoms with Gasteiger partial charge in [0.2, 0.25) is 0 Å². The van der Waals surface area contributed by atoms with Crippen LogP contribution in [0.15, 0.2) is 51.7 Å². The molecule has 0 saturated carbocycles. The number of ether oxygens (including phenoxy) is 1. The van der Waals surface area contributed by atoms with Gasteiger partial charge in [0.25, 0.3) is 0 Å². The molecule has 3 aromatic rings. The van der Waals surface area contributed by atoms with Gasteiger partial charge in [0.15, 0.2) is 0 Å². The van der Waals surface area contributed by atoms with Crippen molar-refractivity contribution in [1.29, 1.82) is 0 Å². The van der Waals surface area contributed by atoms with E-state index < -0.39 is 0 Å². The molecule has 0 bridgehead atoms. The SMILES string of the molecule is CCC1CCOc2ccc(-c3cc4ccc(N5CCN(C)CC5)cc4c(=O)o3)cc21. The van der Waals surface area contributed by atoms with Gasteiger partial charge in [-0.1, -0.05) is 13.0 Å². The van der Waals surface area contributed by atoms with Gasteiger partial charge in [-0.25, -0.2) is 4.79 Å². The summed E-state index contributed by atoms with van der Waals surface area (Å²) in [7, 11) is 2.14. The van der Waals surface area contributed by atoms with Gasteiger partial charge in [-0.05, 0) is 73.2 Å². The van der Waals surface area contributed by atoms with Crippen molar-refractivity contribution in [3.05, 3.63) is 58.4 Å². The third-order valence-corrected chi connectivity index (χ3v) is 6.57. The lowest BCUT2D eigenvalue weighted by Crippen LogP contribution is -2.44. The van der Waals surface area contributed by atoms with Crippen LogP contribution < -0.4 is 15.3 Å².